The number of benzene rings is 1. The highest BCUT2D eigenvalue weighted by atomic mass is 79.9. The van der Waals surface area contributed by atoms with Crippen LogP contribution in [0.1, 0.15) is 33.3 Å². The Bertz CT molecular complexity index is 559. The molecule has 0 aliphatic rings. The third-order valence-electron chi connectivity index (χ3n) is 3.22. The number of hydrogen-bond acceptors (Lipinski definition) is 2. The molecule has 20 heavy (non-hydrogen) atoms. The molecule has 108 valence electrons. The highest BCUT2D eigenvalue weighted by Gasteiger charge is 2.24. The molecule has 0 heterocycles. The van der Waals surface area contributed by atoms with Crippen molar-refractivity contribution in [3.63, 3.8) is 0 Å². The molecule has 1 amide bonds. The van der Waals surface area contributed by atoms with Gasteiger partial charge in [-0.25, -0.2) is 4.79 Å². The quantitative estimate of drug-likeness (QED) is 0.827. The molecule has 0 aliphatic heterocycles. The number of rotatable bonds is 4. The molecule has 5 heteroatoms. The Morgan fingerprint density at radius 1 is 1.10 bits per heavy atom. The van der Waals surface area contributed by atoms with Crippen LogP contribution in [0.4, 0.5) is 0 Å². The van der Waals surface area contributed by atoms with E-state index in [-0.39, 0.29) is 17.1 Å². The van der Waals surface area contributed by atoms with Crippen molar-refractivity contribution in [3.05, 3.63) is 45.4 Å². The molecule has 0 fully saturated rings. The topological polar surface area (TPSA) is 66.4 Å². The lowest BCUT2D eigenvalue weighted by atomic mass is 9.93. The Balaban J connectivity index is 2.97. The maximum atomic E-state index is 12.1. The molecule has 0 atom stereocenters. The number of hydrogen-bond donors (Lipinski definition) is 2. The summed E-state index contributed by atoms with van der Waals surface area (Å²) in [7, 11) is 0. The number of aliphatic carboxylic acids is 1. The number of carbonyl (C=O) groups is 2. The molecule has 1 rings (SSSR count). The summed E-state index contributed by atoms with van der Waals surface area (Å²) in [6, 6.07) is 7.61. The van der Waals surface area contributed by atoms with Crippen molar-refractivity contribution in [2.45, 2.75) is 33.2 Å². The fraction of sp³-hybridized carbons (Fsp3) is 0.333. The fourth-order valence-corrected chi connectivity index (χ4v) is 1.91. The van der Waals surface area contributed by atoms with Gasteiger partial charge in [0.2, 0.25) is 5.91 Å². The van der Waals surface area contributed by atoms with Crippen LogP contribution in [0.3, 0.4) is 0 Å². The smallest absolute Gasteiger partial charge is 0.331 e. The normalized spacial score (nSPS) is 12.7. The molecule has 4 nitrogen and oxygen atoms in total. The number of carboxylic acids is 1. The molecule has 0 radical (unpaired) electrons. The molecule has 0 unspecified atom stereocenters. The summed E-state index contributed by atoms with van der Waals surface area (Å²) in [4.78, 5) is 23.0. The molecule has 0 spiro atoms. The zero-order valence-corrected chi connectivity index (χ0v) is 13.5. The minimum Gasteiger partial charge on any atom is -0.478 e. The SMILES string of the molecule is CC(C(=O)O)=C(C)C(=O)NC(C)(C)c1ccc(Br)cc1. The van der Waals surface area contributed by atoms with Crippen LogP contribution in [0.25, 0.3) is 0 Å². The van der Waals surface area contributed by atoms with Gasteiger partial charge in [-0.3, -0.25) is 4.79 Å². The molecule has 0 aromatic heterocycles. The maximum absolute atomic E-state index is 12.1. The summed E-state index contributed by atoms with van der Waals surface area (Å²) >= 11 is 3.36. The summed E-state index contributed by atoms with van der Waals surface area (Å²) < 4.78 is 0.959. The van der Waals surface area contributed by atoms with Crippen molar-refractivity contribution in [1.82, 2.24) is 5.32 Å². The van der Waals surface area contributed by atoms with E-state index in [1.807, 2.05) is 38.1 Å². The van der Waals surface area contributed by atoms with Crippen molar-refractivity contribution in [2.24, 2.45) is 0 Å². The third-order valence-corrected chi connectivity index (χ3v) is 3.74. The average Bonchev–Trinajstić information content (AvgIpc) is 2.36. The number of nitrogens with one attached hydrogen (secondary N) is 1. The van der Waals surface area contributed by atoms with Gasteiger partial charge in [0, 0.05) is 15.6 Å². The first-order valence-electron chi connectivity index (χ1n) is 6.14. The highest BCUT2D eigenvalue weighted by molar-refractivity contribution is 9.10. The van der Waals surface area contributed by atoms with E-state index in [0.29, 0.717) is 0 Å². The Morgan fingerprint density at radius 3 is 2.05 bits per heavy atom. The van der Waals surface area contributed by atoms with E-state index in [2.05, 4.69) is 21.2 Å². The standard InChI is InChI=1S/C15H18BrNO3/c1-9(10(2)14(19)20)13(18)17-15(3,4)11-5-7-12(16)8-6-11/h5-8H,1-4H3,(H,17,18)(H,19,20). The van der Waals surface area contributed by atoms with E-state index in [1.165, 1.54) is 13.8 Å². The van der Waals surface area contributed by atoms with Gasteiger partial charge in [0.15, 0.2) is 0 Å². The lowest BCUT2D eigenvalue weighted by Gasteiger charge is -2.27. The summed E-state index contributed by atoms with van der Waals surface area (Å²) in [5, 5.41) is 11.8. The summed E-state index contributed by atoms with van der Waals surface area (Å²) in [5.41, 5.74) is 0.615. The van der Waals surface area contributed by atoms with Gasteiger partial charge >= 0.3 is 5.97 Å². The number of halogens is 1. The van der Waals surface area contributed by atoms with E-state index in [4.69, 9.17) is 5.11 Å². The monoisotopic (exact) mass is 339 g/mol. The van der Waals surface area contributed by atoms with Crippen molar-refractivity contribution in [2.75, 3.05) is 0 Å². The van der Waals surface area contributed by atoms with Gasteiger partial charge in [-0.1, -0.05) is 28.1 Å². The van der Waals surface area contributed by atoms with Gasteiger partial charge in [0.05, 0.1) is 5.54 Å². The van der Waals surface area contributed by atoms with E-state index < -0.39 is 11.5 Å². The van der Waals surface area contributed by atoms with E-state index in [1.54, 1.807) is 0 Å². The minimum absolute atomic E-state index is 0.0501. The first-order chi connectivity index (χ1) is 9.15. The zero-order valence-electron chi connectivity index (χ0n) is 12.0. The predicted molar refractivity (Wildman–Crippen MR) is 81.3 cm³/mol. The van der Waals surface area contributed by atoms with E-state index >= 15 is 0 Å². The number of carbonyl (C=O) groups excluding carboxylic acids is 1. The van der Waals surface area contributed by atoms with Gasteiger partial charge in [0.1, 0.15) is 0 Å². The van der Waals surface area contributed by atoms with Gasteiger partial charge < -0.3 is 10.4 Å². The molecular weight excluding hydrogens is 322 g/mol. The van der Waals surface area contributed by atoms with E-state index in [0.717, 1.165) is 10.0 Å². The van der Waals surface area contributed by atoms with Crippen LogP contribution in [-0.2, 0) is 15.1 Å². The second-order valence-corrected chi connectivity index (χ2v) is 6.06. The highest BCUT2D eigenvalue weighted by Crippen LogP contribution is 2.22. The maximum Gasteiger partial charge on any atom is 0.331 e. The minimum atomic E-state index is -1.08. The molecular formula is C15H18BrNO3. The summed E-state index contributed by atoms with van der Waals surface area (Å²) in [5.74, 6) is -1.46. The van der Waals surface area contributed by atoms with Crippen molar-refractivity contribution in [1.29, 1.82) is 0 Å². The van der Waals surface area contributed by atoms with Crippen LogP contribution in [0.2, 0.25) is 0 Å². The van der Waals surface area contributed by atoms with Crippen molar-refractivity contribution < 1.29 is 14.7 Å². The van der Waals surface area contributed by atoms with Crippen LogP contribution in [0.5, 0.6) is 0 Å². The molecule has 0 aliphatic carbocycles. The Morgan fingerprint density at radius 2 is 1.60 bits per heavy atom. The van der Waals surface area contributed by atoms with Crippen LogP contribution in [0.15, 0.2) is 39.9 Å². The van der Waals surface area contributed by atoms with Crippen LogP contribution < -0.4 is 5.32 Å². The summed E-state index contributed by atoms with van der Waals surface area (Å²) in [6.07, 6.45) is 0. The van der Waals surface area contributed by atoms with Gasteiger partial charge in [-0.05, 0) is 45.4 Å². The Hall–Kier alpha value is -1.62. The van der Waals surface area contributed by atoms with Crippen LogP contribution >= 0.6 is 15.9 Å². The molecule has 1 aromatic carbocycles. The van der Waals surface area contributed by atoms with Crippen molar-refractivity contribution >= 4 is 27.8 Å². The summed E-state index contributed by atoms with van der Waals surface area (Å²) in [6.45, 7) is 6.68. The largest absolute Gasteiger partial charge is 0.478 e. The van der Waals surface area contributed by atoms with Gasteiger partial charge in [-0.2, -0.15) is 0 Å². The third kappa shape index (κ3) is 3.93. The zero-order chi connectivity index (χ0) is 15.5. The fourth-order valence-electron chi connectivity index (χ4n) is 1.65. The van der Waals surface area contributed by atoms with Gasteiger partial charge in [-0.15, -0.1) is 0 Å². The van der Waals surface area contributed by atoms with Crippen molar-refractivity contribution in [3.8, 4) is 0 Å². The predicted octanol–water partition coefficient (Wildman–Crippen LogP) is 3.22. The number of amides is 1. The lowest BCUT2D eigenvalue weighted by Crippen LogP contribution is -2.41. The second-order valence-electron chi connectivity index (χ2n) is 5.14. The molecule has 1 aromatic rings. The molecule has 0 bridgehead atoms. The average molecular weight is 340 g/mol. The van der Waals surface area contributed by atoms with Crippen LogP contribution in [-0.4, -0.2) is 17.0 Å². The first kappa shape index (κ1) is 16.4. The van der Waals surface area contributed by atoms with Gasteiger partial charge in [0.25, 0.3) is 0 Å². The Labute approximate surface area is 127 Å². The van der Waals surface area contributed by atoms with Crippen LogP contribution in [0, 0.1) is 0 Å². The Kier molecular flexibility index (Phi) is 5.11. The second kappa shape index (κ2) is 6.22. The molecule has 2 N–H and O–H groups in total. The molecule has 0 saturated carbocycles. The first-order valence-corrected chi connectivity index (χ1v) is 6.94. The molecule has 0 saturated heterocycles. The lowest BCUT2D eigenvalue weighted by molar-refractivity contribution is -0.133. The van der Waals surface area contributed by atoms with E-state index in [9.17, 15) is 9.59 Å². The number of carboxylic acid groups (broad SMARTS) is 1.